The zero-order chi connectivity index (χ0) is 31.5. The average Bonchev–Trinajstić information content (AvgIpc) is 3.00. The van der Waals surface area contributed by atoms with Gasteiger partial charge in [-0.25, -0.2) is 0 Å². The summed E-state index contributed by atoms with van der Waals surface area (Å²) in [5, 5.41) is 0. The fourth-order valence-corrected chi connectivity index (χ4v) is 10.6. The first-order chi connectivity index (χ1) is 20.9. The summed E-state index contributed by atoms with van der Waals surface area (Å²) in [6.45, 7) is 16.2. The topological polar surface area (TPSA) is 52.6 Å². The highest BCUT2D eigenvalue weighted by Crippen LogP contribution is 2.64. The minimum atomic E-state index is -0.406. The van der Waals surface area contributed by atoms with Gasteiger partial charge in [-0.15, -0.1) is 0 Å². The number of esters is 2. The van der Waals surface area contributed by atoms with Crippen molar-refractivity contribution < 1.29 is 19.1 Å². The van der Waals surface area contributed by atoms with Crippen molar-refractivity contribution >= 4 is 11.9 Å². The van der Waals surface area contributed by atoms with Crippen LogP contribution in [0.3, 0.4) is 0 Å². The summed E-state index contributed by atoms with van der Waals surface area (Å²) in [6, 6.07) is 10.6. The van der Waals surface area contributed by atoms with E-state index in [0.29, 0.717) is 23.7 Å². The van der Waals surface area contributed by atoms with Gasteiger partial charge >= 0.3 is 11.9 Å². The second-order valence-electron chi connectivity index (χ2n) is 17.1. The van der Waals surface area contributed by atoms with E-state index in [0.717, 1.165) is 36.5 Å². The van der Waals surface area contributed by atoms with Crippen molar-refractivity contribution in [3.63, 3.8) is 0 Å². The smallest absolute Gasteiger partial charge is 0.312 e. The van der Waals surface area contributed by atoms with E-state index in [2.05, 4.69) is 50.8 Å². The summed E-state index contributed by atoms with van der Waals surface area (Å²) in [6.07, 6.45) is 16.3. The van der Waals surface area contributed by atoms with Gasteiger partial charge in [0.1, 0.15) is 11.2 Å². The third-order valence-corrected chi connectivity index (χ3v) is 13.7. The maximum Gasteiger partial charge on any atom is 0.312 e. The van der Waals surface area contributed by atoms with Crippen molar-refractivity contribution in [3.05, 3.63) is 48.6 Å². The predicted octanol–water partition coefficient (Wildman–Crippen LogP) is 9.66. The van der Waals surface area contributed by atoms with Crippen LogP contribution in [0.15, 0.2) is 43.0 Å². The lowest BCUT2D eigenvalue weighted by Gasteiger charge is -2.60. The van der Waals surface area contributed by atoms with Crippen LogP contribution in [0.25, 0.3) is 0 Å². The Kier molecular flexibility index (Phi) is 8.41. The molecule has 8 bridgehead atoms. The standard InChI is InChI=1S/C22H30O2.C18H28O2/c1-4-21(2,3)20(23)24-22(17-8-6-5-7-9-17)18-11-15-10-16(13-18)14-19(22)12-15;1-5-17(3,4)16(19)20-18(6-2)14-8-12-7-13(10-14)11-15(18)9-12/h5-9,15-16,18-19H,4,10-14H2,1-3H3;6,12-15H,2,5,7-11H2,1,3-4H3. The molecule has 0 spiro atoms. The van der Waals surface area contributed by atoms with Gasteiger partial charge in [0.05, 0.1) is 10.8 Å². The van der Waals surface area contributed by atoms with Gasteiger partial charge in [0, 0.05) is 23.7 Å². The van der Waals surface area contributed by atoms with Gasteiger partial charge < -0.3 is 9.47 Å². The average molecular weight is 603 g/mol. The van der Waals surface area contributed by atoms with Crippen LogP contribution in [-0.2, 0) is 24.7 Å². The van der Waals surface area contributed by atoms with Gasteiger partial charge in [0.2, 0.25) is 0 Å². The van der Waals surface area contributed by atoms with Crippen LogP contribution < -0.4 is 0 Å². The molecular formula is C40H58O4. The molecule has 242 valence electrons. The molecule has 8 aliphatic carbocycles. The molecule has 0 amide bonds. The van der Waals surface area contributed by atoms with Crippen LogP contribution in [0.1, 0.15) is 124 Å². The molecule has 0 unspecified atom stereocenters. The number of carbonyl (C=O) groups excluding carboxylic acids is 2. The van der Waals surface area contributed by atoms with Gasteiger partial charge in [0.15, 0.2) is 0 Å². The molecule has 44 heavy (non-hydrogen) atoms. The highest BCUT2D eigenvalue weighted by molar-refractivity contribution is 5.77. The molecule has 8 saturated carbocycles. The summed E-state index contributed by atoms with van der Waals surface area (Å²) in [4.78, 5) is 25.6. The Bertz CT molecular complexity index is 1170. The summed E-state index contributed by atoms with van der Waals surface area (Å²) in [5.74, 6) is 5.49. The molecule has 4 heteroatoms. The maximum atomic E-state index is 13.0. The second kappa shape index (κ2) is 11.6. The summed E-state index contributed by atoms with van der Waals surface area (Å²) >= 11 is 0. The molecule has 0 aliphatic heterocycles. The fraction of sp³-hybridized carbons (Fsp3) is 0.750. The molecule has 1 aromatic carbocycles. The molecule has 0 aromatic heterocycles. The summed E-state index contributed by atoms with van der Waals surface area (Å²) in [5.41, 5.74) is -0.296. The summed E-state index contributed by atoms with van der Waals surface area (Å²) < 4.78 is 12.7. The van der Waals surface area contributed by atoms with E-state index in [1.165, 1.54) is 69.8 Å². The molecule has 1 aromatic rings. The Balaban J connectivity index is 0.000000159. The molecule has 4 nitrogen and oxygen atoms in total. The van der Waals surface area contributed by atoms with Gasteiger partial charge in [-0.2, -0.15) is 0 Å². The van der Waals surface area contributed by atoms with Crippen LogP contribution in [0, 0.1) is 58.2 Å². The van der Waals surface area contributed by atoms with Crippen LogP contribution in [-0.4, -0.2) is 17.5 Å². The quantitative estimate of drug-likeness (QED) is 0.220. The highest BCUT2D eigenvalue weighted by Gasteiger charge is 2.61. The van der Waals surface area contributed by atoms with Crippen molar-refractivity contribution in [2.75, 3.05) is 0 Å². The molecule has 0 saturated heterocycles. The first-order valence-electron chi connectivity index (χ1n) is 18.0. The van der Waals surface area contributed by atoms with E-state index in [9.17, 15) is 9.59 Å². The fourth-order valence-electron chi connectivity index (χ4n) is 10.6. The molecule has 0 atom stereocenters. The normalized spacial score (nSPS) is 39.8. The van der Waals surface area contributed by atoms with Crippen molar-refractivity contribution in [1.29, 1.82) is 0 Å². The van der Waals surface area contributed by atoms with Gasteiger partial charge in [-0.1, -0.05) is 50.8 Å². The first kappa shape index (κ1) is 31.9. The number of hydrogen-bond acceptors (Lipinski definition) is 4. The highest BCUT2D eigenvalue weighted by atomic mass is 16.6. The molecule has 8 aliphatic rings. The third kappa shape index (κ3) is 5.28. The summed E-state index contributed by atoms with van der Waals surface area (Å²) in [7, 11) is 0. The SMILES string of the molecule is C=CC1(OC(=O)C(C)(C)CC)C2CC3CC(C2)CC1C3.CCC(C)(C)C(=O)OC1(c2ccccc2)C2CC3CC(C2)CC1C3. The van der Waals surface area contributed by atoms with E-state index in [4.69, 9.17) is 9.47 Å². The van der Waals surface area contributed by atoms with Crippen molar-refractivity contribution in [3.8, 4) is 0 Å². The van der Waals surface area contributed by atoms with Crippen molar-refractivity contribution in [2.24, 2.45) is 58.2 Å². The number of ether oxygens (including phenoxy) is 2. The van der Waals surface area contributed by atoms with Gasteiger partial charge in [-0.05, 0) is 140 Å². The second-order valence-corrected chi connectivity index (χ2v) is 17.1. The van der Waals surface area contributed by atoms with Crippen molar-refractivity contribution in [1.82, 2.24) is 0 Å². The van der Waals surface area contributed by atoms with Gasteiger partial charge in [0.25, 0.3) is 0 Å². The molecular weight excluding hydrogens is 544 g/mol. The monoisotopic (exact) mass is 602 g/mol. The Morgan fingerprint density at radius 1 is 0.682 bits per heavy atom. The molecule has 0 radical (unpaired) electrons. The largest absolute Gasteiger partial charge is 0.454 e. The van der Waals surface area contributed by atoms with Crippen molar-refractivity contribution in [2.45, 2.75) is 130 Å². The van der Waals surface area contributed by atoms with E-state index < -0.39 is 5.41 Å². The molecule has 8 fully saturated rings. The lowest BCUT2D eigenvalue weighted by molar-refractivity contribution is -0.222. The number of benzene rings is 1. The first-order valence-corrected chi connectivity index (χ1v) is 18.0. The minimum Gasteiger partial charge on any atom is -0.454 e. The van der Waals surface area contributed by atoms with Gasteiger partial charge in [-0.3, -0.25) is 9.59 Å². The van der Waals surface area contributed by atoms with Crippen LogP contribution in [0.4, 0.5) is 0 Å². The zero-order valence-electron chi connectivity index (χ0n) is 28.4. The van der Waals surface area contributed by atoms with E-state index in [-0.39, 0.29) is 28.6 Å². The lowest BCUT2D eigenvalue weighted by Crippen LogP contribution is -2.59. The Hall–Kier alpha value is -2.10. The van der Waals surface area contributed by atoms with E-state index >= 15 is 0 Å². The molecule has 0 N–H and O–H groups in total. The minimum absolute atomic E-state index is 0.0127. The zero-order valence-corrected chi connectivity index (χ0v) is 28.4. The Morgan fingerprint density at radius 3 is 1.45 bits per heavy atom. The number of carbonyl (C=O) groups is 2. The third-order valence-electron chi connectivity index (χ3n) is 13.7. The van der Waals surface area contributed by atoms with Crippen LogP contribution in [0.2, 0.25) is 0 Å². The lowest BCUT2D eigenvalue weighted by atomic mass is 9.48. The van der Waals surface area contributed by atoms with E-state index in [1.54, 1.807) is 0 Å². The Morgan fingerprint density at radius 2 is 1.07 bits per heavy atom. The van der Waals surface area contributed by atoms with Crippen LogP contribution in [0.5, 0.6) is 0 Å². The number of rotatable bonds is 8. The number of hydrogen-bond donors (Lipinski definition) is 0. The molecule has 0 heterocycles. The maximum absolute atomic E-state index is 13.0. The van der Waals surface area contributed by atoms with E-state index in [1.807, 2.05) is 33.8 Å². The van der Waals surface area contributed by atoms with Crippen LogP contribution >= 0.6 is 0 Å². The molecule has 9 rings (SSSR count). The Labute approximate surface area is 267 Å². The predicted molar refractivity (Wildman–Crippen MR) is 175 cm³/mol.